The maximum absolute atomic E-state index is 13.0. The first-order chi connectivity index (χ1) is 17.3. The third-order valence-electron chi connectivity index (χ3n) is 5.57. The normalized spacial score (nSPS) is 22.1. The van der Waals surface area contributed by atoms with E-state index < -0.39 is 35.2 Å². The van der Waals surface area contributed by atoms with E-state index in [4.69, 9.17) is 15.3 Å². The third-order valence-corrected chi connectivity index (χ3v) is 7.55. The van der Waals surface area contributed by atoms with Gasteiger partial charge in [0.15, 0.2) is 10.8 Å². The number of β-lactam (4-membered cyclic amide) rings is 1. The Balaban J connectivity index is 1.40. The minimum Gasteiger partial charge on any atom is -0.477 e. The van der Waals surface area contributed by atoms with Crippen molar-refractivity contribution >= 4 is 63.5 Å². The number of thioether (sulfide) groups is 1. The average Bonchev–Trinajstić information content (AvgIpc) is 3.43. The van der Waals surface area contributed by atoms with Crippen molar-refractivity contribution in [1.82, 2.24) is 15.2 Å². The average molecular weight is 528 g/mol. The summed E-state index contributed by atoms with van der Waals surface area (Å²) < 4.78 is 5.32. The number of hydrogen-bond donors (Lipinski definition) is 3. The second-order valence-electron chi connectivity index (χ2n) is 7.68. The lowest BCUT2D eigenvalue weighted by Gasteiger charge is -2.49. The second-order valence-corrected chi connectivity index (χ2v) is 9.67. The number of benzene rings is 1. The molecule has 184 valence electrons. The number of oxime groups is 1. The molecule has 3 aliphatic rings. The van der Waals surface area contributed by atoms with E-state index in [0.717, 1.165) is 16.2 Å². The first kappa shape index (κ1) is 23.6. The van der Waals surface area contributed by atoms with E-state index in [2.05, 4.69) is 15.5 Å². The number of rotatable bonds is 6. The van der Waals surface area contributed by atoms with E-state index in [0.29, 0.717) is 16.7 Å². The Morgan fingerprint density at radius 1 is 1.33 bits per heavy atom. The summed E-state index contributed by atoms with van der Waals surface area (Å²) in [7, 11) is 1.26. The first-order valence-electron chi connectivity index (χ1n) is 10.4. The fourth-order valence-electron chi connectivity index (χ4n) is 4.01. The van der Waals surface area contributed by atoms with Crippen LogP contribution >= 0.6 is 23.1 Å². The fraction of sp³-hybridized carbons (Fsp3) is 0.182. The summed E-state index contributed by atoms with van der Waals surface area (Å²) in [5.41, 5.74) is 6.64. The summed E-state index contributed by atoms with van der Waals surface area (Å²) in [6.07, 6.45) is 1.46. The second kappa shape index (κ2) is 9.13. The van der Waals surface area contributed by atoms with Gasteiger partial charge in [0.2, 0.25) is 0 Å². The molecule has 0 unspecified atom stereocenters. The number of nitrogens with one attached hydrogen (secondary N) is 1. The highest BCUT2D eigenvalue weighted by atomic mass is 32.2. The maximum atomic E-state index is 13.0. The van der Waals surface area contributed by atoms with Gasteiger partial charge in [0.05, 0.1) is 5.56 Å². The molecule has 0 bridgehead atoms. The lowest BCUT2D eigenvalue weighted by Crippen LogP contribution is -2.71. The molecular formula is C22H17N5O7S2. The number of anilines is 1. The van der Waals surface area contributed by atoms with Gasteiger partial charge in [0, 0.05) is 16.7 Å². The lowest BCUT2D eigenvalue weighted by molar-refractivity contribution is -0.150. The molecule has 5 rings (SSSR count). The molecule has 1 saturated heterocycles. The SMILES string of the molecule is CO/N=C(\C(=O)N[C@@H]1C(=O)N2C(C(=O)O)=C(/C=C3/OC(=O)c4ccccc43)CS[C@H]12)c1csc(N)n1. The van der Waals surface area contributed by atoms with Crippen LogP contribution in [0, 0.1) is 0 Å². The van der Waals surface area contributed by atoms with Crippen molar-refractivity contribution in [1.29, 1.82) is 0 Å². The zero-order valence-electron chi connectivity index (χ0n) is 18.5. The number of carbonyl (C=O) groups is 4. The topological polar surface area (TPSA) is 174 Å². The number of allylic oxidation sites excluding steroid dienone is 1. The molecular weight excluding hydrogens is 510 g/mol. The van der Waals surface area contributed by atoms with Gasteiger partial charge in [-0.1, -0.05) is 23.4 Å². The van der Waals surface area contributed by atoms with Gasteiger partial charge in [-0.05, 0) is 17.7 Å². The molecule has 14 heteroatoms. The molecule has 0 saturated carbocycles. The Labute approximate surface area is 211 Å². The molecule has 4 heterocycles. The van der Waals surface area contributed by atoms with Gasteiger partial charge >= 0.3 is 11.9 Å². The summed E-state index contributed by atoms with van der Waals surface area (Å²) in [4.78, 5) is 60.0. The smallest absolute Gasteiger partial charge is 0.352 e. The van der Waals surface area contributed by atoms with E-state index in [-0.39, 0.29) is 33.7 Å². The molecule has 3 aliphatic heterocycles. The van der Waals surface area contributed by atoms with E-state index in [1.807, 2.05) is 0 Å². The standard InChI is InChI=1S/C22H17N5O7S2/c1-33-26-14(12-8-36-22(23)24-12)17(28)25-15-18(29)27-16(20(30)31)9(7-35-19(15)27)6-13-10-4-2-3-5-11(10)21(32)34-13/h2-6,8,15,19H,7H2,1H3,(H2,23,24)(H,25,28)(H,30,31)/b13-6+,26-14-/t15-,19-/m1/s1. The van der Waals surface area contributed by atoms with Crippen molar-refractivity contribution < 1.29 is 33.9 Å². The molecule has 2 aromatic rings. The van der Waals surface area contributed by atoms with E-state index in [9.17, 15) is 24.3 Å². The zero-order valence-corrected chi connectivity index (χ0v) is 20.1. The number of fused-ring (bicyclic) bond motifs is 2. The lowest BCUT2D eigenvalue weighted by atomic mass is 10.0. The number of carboxylic acid groups (broad SMARTS) is 1. The van der Waals surface area contributed by atoms with E-state index in [1.54, 1.807) is 24.3 Å². The number of thiazole rings is 1. The van der Waals surface area contributed by atoms with Crippen LogP contribution in [0.3, 0.4) is 0 Å². The Hall–Kier alpha value is -4.17. The summed E-state index contributed by atoms with van der Waals surface area (Å²) >= 11 is 2.37. The van der Waals surface area contributed by atoms with Crippen LogP contribution in [0.15, 0.2) is 52.1 Å². The summed E-state index contributed by atoms with van der Waals surface area (Å²) in [5.74, 6) is -2.76. The molecule has 1 aromatic heterocycles. The fourth-order valence-corrected chi connectivity index (χ4v) is 5.86. The van der Waals surface area contributed by atoms with Crippen molar-refractivity contribution in [2.24, 2.45) is 5.16 Å². The molecule has 0 radical (unpaired) electrons. The highest BCUT2D eigenvalue weighted by Gasteiger charge is 2.54. The molecule has 36 heavy (non-hydrogen) atoms. The number of ether oxygens (including phenoxy) is 1. The number of nitrogens with two attached hydrogens (primary N) is 1. The predicted molar refractivity (Wildman–Crippen MR) is 130 cm³/mol. The molecule has 4 N–H and O–H groups in total. The molecule has 2 atom stereocenters. The van der Waals surface area contributed by atoms with Gasteiger partial charge in [-0.25, -0.2) is 14.6 Å². The number of aromatic nitrogens is 1. The number of nitrogens with zero attached hydrogens (tertiary/aromatic N) is 3. The van der Waals surface area contributed by atoms with Crippen LogP contribution in [-0.4, -0.2) is 68.7 Å². The zero-order chi connectivity index (χ0) is 25.6. The Morgan fingerprint density at radius 2 is 2.08 bits per heavy atom. The van der Waals surface area contributed by atoms with Crippen LogP contribution in [0.5, 0.6) is 0 Å². The van der Waals surface area contributed by atoms with E-state index >= 15 is 0 Å². The summed E-state index contributed by atoms with van der Waals surface area (Å²) in [6, 6.07) is 5.76. The number of hydrogen-bond acceptors (Lipinski definition) is 11. The van der Waals surface area contributed by atoms with Crippen LogP contribution in [-0.2, 0) is 24.0 Å². The van der Waals surface area contributed by atoms with Crippen LogP contribution < -0.4 is 11.1 Å². The van der Waals surface area contributed by atoms with Crippen molar-refractivity contribution in [3.63, 3.8) is 0 Å². The van der Waals surface area contributed by atoms with Crippen LogP contribution in [0.4, 0.5) is 5.13 Å². The van der Waals surface area contributed by atoms with Gasteiger partial charge in [-0.3, -0.25) is 14.5 Å². The van der Waals surface area contributed by atoms with Gasteiger partial charge < -0.3 is 25.7 Å². The molecule has 1 fully saturated rings. The number of aliphatic carboxylic acids is 1. The van der Waals surface area contributed by atoms with Gasteiger partial charge in [-0.2, -0.15) is 0 Å². The Kier molecular flexibility index (Phi) is 5.97. The monoisotopic (exact) mass is 527 g/mol. The number of carboxylic acids is 1. The molecule has 1 aromatic carbocycles. The Bertz CT molecular complexity index is 1410. The molecule has 12 nitrogen and oxygen atoms in total. The maximum Gasteiger partial charge on any atom is 0.352 e. The highest BCUT2D eigenvalue weighted by Crippen LogP contribution is 2.42. The van der Waals surface area contributed by atoms with Crippen molar-refractivity contribution in [2.75, 3.05) is 18.6 Å². The number of esters is 1. The minimum absolute atomic E-state index is 0.168. The largest absolute Gasteiger partial charge is 0.477 e. The highest BCUT2D eigenvalue weighted by molar-refractivity contribution is 8.00. The van der Waals surface area contributed by atoms with Crippen LogP contribution in [0.2, 0.25) is 0 Å². The molecule has 0 aliphatic carbocycles. The van der Waals surface area contributed by atoms with Crippen molar-refractivity contribution in [3.05, 3.63) is 63.8 Å². The number of nitrogen functional groups attached to an aromatic ring is 1. The van der Waals surface area contributed by atoms with Gasteiger partial charge in [0.25, 0.3) is 11.8 Å². The summed E-state index contributed by atoms with van der Waals surface area (Å²) in [6.45, 7) is 0. The van der Waals surface area contributed by atoms with E-state index in [1.165, 1.54) is 30.3 Å². The van der Waals surface area contributed by atoms with Crippen molar-refractivity contribution in [2.45, 2.75) is 11.4 Å². The quantitative estimate of drug-likeness (QED) is 0.213. The third kappa shape index (κ3) is 3.89. The van der Waals surface area contributed by atoms with Gasteiger partial charge in [-0.15, -0.1) is 23.1 Å². The van der Waals surface area contributed by atoms with Crippen molar-refractivity contribution in [3.8, 4) is 0 Å². The number of cyclic esters (lactones) is 1. The predicted octanol–water partition coefficient (Wildman–Crippen LogP) is 1.03. The Morgan fingerprint density at radius 3 is 2.75 bits per heavy atom. The van der Waals surface area contributed by atoms with Gasteiger partial charge in [0.1, 0.15) is 35.7 Å². The minimum atomic E-state index is -1.32. The summed E-state index contributed by atoms with van der Waals surface area (Å²) in [5, 5.41) is 17.3. The van der Waals surface area contributed by atoms with Crippen LogP contribution in [0.1, 0.15) is 21.6 Å². The number of carbonyl (C=O) groups excluding carboxylic acids is 3. The van der Waals surface area contributed by atoms with Crippen LogP contribution in [0.25, 0.3) is 5.76 Å². The number of amides is 2. The first-order valence-corrected chi connectivity index (χ1v) is 12.3. The molecule has 0 spiro atoms. The molecule has 2 amide bonds.